The van der Waals surface area contributed by atoms with E-state index in [1.54, 1.807) is 19.2 Å². The molecule has 202 valence electrons. The largest absolute Gasteiger partial charge is 0.496 e. The van der Waals surface area contributed by atoms with Gasteiger partial charge in [-0.2, -0.15) is 0 Å². The lowest BCUT2D eigenvalue weighted by atomic mass is 9.85. The van der Waals surface area contributed by atoms with Crippen LogP contribution in [0, 0.1) is 0 Å². The number of unbranched alkanes of at least 4 members (excludes halogenated alkanes) is 2. The molecule has 7 nitrogen and oxygen atoms in total. The van der Waals surface area contributed by atoms with Gasteiger partial charge in [-0.3, -0.25) is 9.59 Å². The number of carbonyl (C=O) groups is 3. The number of benzene rings is 2. The molecular weight excluding hydrogens is 470 g/mol. The zero-order valence-corrected chi connectivity index (χ0v) is 23.2. The lowest BCUT2D eigenvalue weighted by molar-refractivity contribution is -0.142. The Kier molecular flexibility index (Phi) is 11.2. The highest BCUT2D eigenvalue weighted by atomic mass is 16.5. The van der Waals surface area contributed by atoms with E-state index in [-0.39, 0.29) is 36.2 Å². The van der Waals surface area contributed by atoms with Gasteiger partial charge in [0.05, 0.1) is 19.8 Å². The fourth-order valence-corrected chi connectivity index (χ4v) is 4.35. The molecule has 7 heteroatoms. The number of amides is 1. The van der Waals surface area contributed by atoms with Crippen LogP contribution < -0.4 is 10.1 Å². The Bertz CT molecular complexity index is 1090. The van der Waals surface area contributed by atoms with Gasteiger partial charge in [0.1, 0.15) is 12.4 Å². The second-order valence-electron chi connectivity index (χ2n) is 10.3. The summed E-state index contributed by atoms with van der Waals surface area (Å²) in [5.74, 6) is -0.330. The van der Waals surface area contributed by atoms with Gasteiger partial charge in [0, 0.05) is 19.0 Å². The van der Waals surface area contributed by atoms with E-state index in [9.17, 15) is 14.4 Å². The van der Waals surface area contributed by atoms with Crippen LogP contribution in [0.15, 0.2) is 36.4 Å². The number of ether oxygens (including phenoxy) is 3. The molecule has 1 atom stereocenters. The number of hydrogen-bond donors (Lipinski definition) is 1. The molecule has 2 rings (SSSR count). The molecule has 0 aliphatic heterocycles. The molecule has 1 unspecified atom stereocenters. The Hall–Kier alpha value is -3.35. The van der Waals surface area contributed by atoms with Crippen LogP contribution in [0.2, 0.25) is 0 Å². The van der Waals surface area contributed by atoms with Gasteiger partial charge in [0.25, 0.3) is 0 Å². The zero-order chi connectivity index (χ0) is 27.6. The van der Waals surface area contributed by atoms with Crippen molar-refractivity contribution in [1.29, 1.82) is 0 Å². The van der Waals surface area contributed by atoms with E-state index in [1.807, 2.05) is 24.3 Å². The minimum absolute atomic E-state index is 0.0637. The van der Waals surface area contributed by atoms with E-state index in [0.717, 1.165) is 42.4 Å². The van der Waals surface area contributed by atoms with E-state index < -0.39 is 5.97 Å². The third kappa shape index (κ3) is 8.92. The molecule has 2 aromatic carbocycles. The zero-order valence-electron chi connectivity index (χ0n) is 23.2. The van der Waals surface area contributed by atoms with Crippen molar-refractivity contribution < 1.29 is 28.6 Å². The lowest BCUT2D eigenvalue weighted by Gasteiger charge is -2.25. The Morgan fingerprint density at radius 3 is 2.32 bits per heavy atom. The summed E-state index contributed by atoms with van der Waals surface area (Å²) in [5.41, 5.74) is 3.45. The van der Waals surface area contributed by atoms with Gasteiger partial charge in [-0.05, 0) is 52.6 Å². The summed E-state index contributed by atoms with van der Waals surface area (Å²) >= 11 is 0. The second kappa shape index (κ2) is 13.8. The van der Waals surface area contributed by atoms with E-state index in [0.29, 0.717) is 17.0 Å². The quantitative estimate of drug-likeness (QED) is 0.257. The van der Waals surface area contributed by atoms with Gasteiger partial charge in [0.2, 0.25) is 5.91 Å². The van der Waals surface area contributed by atoms with Crippen molar-refractivity contribution in [1.82, 2.24) is 0 Å². The van der Waals surface area contributed by atoms with Crippen LogP contribution >= 0.6 is 0 Å². The first-order valence-electron chi connectivity index (χ1n) is 12.8. The smallest absolute Gasteiger partial charge is 0.337 e. The highest BCUT2D eigenvalue weighted by molar-refractivity contribution is 5.96. The molecule has 0 aromatic heterocycles. The van der Waals surface area contributed by atoms with E-state index in [2.05, 4.69) is 33.0 Å². The molecule has 0 saturated carbocycles. The van der Waals surface area contributed by atoms with Crippen molar-refractivity contribution in [3.8, 4) is 5.75 Å². The second-order valence-corrected chi connectivity index (χ2v) is 10.3. The van der Waals surface area contributed by atoms with Crippen LogP contribution in [0.4, 0.5) is 5.69 Å². The molecule has 37 heavy (non-hydrogen) atoms. The molecule has 0 radical (unpaired) electrons. The first kappa shape index (κ1) is 29.9. The van der Waals surface area contributed by atoms with Crippen LogP contribution in [0.1, 0.15) is 99.7 Å². The lowest BCUT2D eigenvalue weighted by Crippen LogP contribution is -2.21. The maximum atomic E-state index is 13.4. The molecule has 1 amide bonds. The molecular formula is C30H41NO6. The standard InChI is InChI=1S/C30H41NO6/c1-8-9-10-11-22(24-14-12-21(16-27(24)35-6)19-37-20(2)32)18-28(33)31-26-17-23(29(34)36-7)13-15-25(26)30(3,4)5/h12-17,22H,8-11,18-19H2,1-7H3,(H,31,33). The maximum absolute atomic E-state index is 13.4. The average Bonchev–Trinajstić information content (AvgIpc) is 2.85. The van der Waals surface area contributed by atoms with Crippen molar-refractivity contribution >= 4 is 23.5 Å². The van der Waals surface area contributed by atoms with E-state index in [4.69, 9.17) is 14.2 Å². The summed E-state index contributed by atoms with van der Waals surface area (Å²) in [5, 5.41) is 3.06. The normalized spacial score (nSPS) is 12.0. The van der Waals surface area contributed by atoms with Gasteiger partial charge < -0.3 is 19.5 Å². The Morgan fingerprint density at radius 2 is 1.73 bits per heavy atom. The number of hydrogen-bond acceptors (Lipinski definition) is 6. The van der Waals surface area contributed by atoms with Crippen LogP contribution in [0.25, 0.3) is 0 Å². The molecule has 0 spiro atoms. The van der Waals surface area contributed by atoms with Crippen molar-refractivity contribution in [2.75, 3.05) is 19.5 Å². The Morgan fingerprint density at radius 1 is 1.00 bits per heavy atom. The Labute approximate surface area is 220 Å². The number of anilines is 1. The summed E-state index contributed by atoms with van der Waals surface area (Å²) < 4.78 is 15.7. The van der Waals surface area contributed by atoms with Crippen LogP contribution in [-0.4, -0.2) is 32.1 Å². The first-order chi connectivity index (χ1) is 17.5. The molecule has 0 aliphatic carbocycles. The number of nitrogens with one attached hydrogen (secondary N) is 1. The summed E-state index contributed by atoms with van der Waals surface area (Å²) in [6.07, 6.45) is 4.22. The Balaban J connectivity index is 2.34. The highest BCUT2D eigenvalue weighted by Gasteiger charge is 2.24. The maximum Gasteiger partial charge on any atom is 0.337 e. The van der Waals surface area contributed by atoms with Crippen molar-refractivity contribution in [3.05, 3.63) is 58.7 Å². The molecule has 0 fully saturated rings. The van der Waals surface area contributed by atoms with Gasteiger partial charge >= 0.3 is 11.9 Å². The number of rotatable bonds is 12. The van der Waals surface area contributed by atoms with Crippen LogP contribution in [-0.2, 0) is 31.1 Å². The number of esters is 2. The summed E-state index contributed by atoms with van der Waals surface area (Å²) in [7, 11) is 2.94. The topological polar surface area (TPSA) is 90.9 Å². The minimum Gasteiger partial charge on any atom is -0.496 e. The third-order valence-electron chi connectivity index (χ3n) is 6.29. The third-order valence-corrected chi connectivity index (χ3v) is 6.29. The molecule has 0 aliphatic rings. The molecule has 0 saturated heterocycles. The van der Waals surface area contributed by atoms with Crippen LogP contribution in [0.5, 0.6) is 5.75 Å². The summed E-state index contributed by atoms with van der Waals surface area (Å²) in [6.45, 7) is 9.87. The predicted molar refractivity (Wildman–Crippen MR) is 145 cm³/mol. The van der Waals surface area contributed by atoms with E-state index >= 15 is 0 Å². The molecule has 0 bridgehead atoms. The first-order valence-corrected chi connectivity index (χ1v) is 12.8. The monoisotopic (exact) mass is 511 g/mol. The summed E-state index contributed by atoms with van der Waals surface area (Å²) in [4.78, 5) is 36.7. The van der Waals surface area contributed by atoms with Gasteiger partial charge in [-0.15, -0.1) is 0 Å². The fraction of sp³-hybridized carbons (Fsp3) is 0.500. The predicted octanol–water partition coefficient (Wildman–Crippen LogP) is 6.54. The van der Waals surface area contributed by atoms with Gasteiger partial charge in [-0.1, -0.05) is 65.2 Å². The average molecular weight is 512 g/mol. The van der Waals surface area contributed by atoms with Crippen molar-refractivity contribution in [2.24, 2.45) is 0 Å². The van der Waals surface area contributed by atoms with E-state index in [1.165, 1.54) is 14.0 Å². The molecule has 0 heterocycles. The van der Waals surface area contributed by atoms with Crippen LogP contribution in [0.3, 0.4) is 0 Å². The molecule has 2 aromatic rings. The van der Waals surface area contributed by atoms with Crippen molar-refractivity contribution in [2.45, 2.75) is 84.7 Å². The number of methoxy groups -OCH3 is 2. The SMILES string of the molecule is CCCCCC(CC(=O)Nc1cc(C(=O)OC)ccc1C(C)(C)C)c1ccc(COC(C)=O)cc1OC. The van der Waals surface area contributed by atoms with Crippen molar-refractivity contribution in [3.63, 3.8) is 0 Å². The molecule has 1 N–H and O–H groups in total. The van der Waals surface area contributed by atoms with Gasteiger partial charge in [-0.25, -0.2) is 4.79 Å². The van der Waals surface area contributed by atoms with Gasteiger partial charge in [0.15, 0.2) is 0 Å². The highest BCUT2D eigenvalue weighted by Crippen LogP contribution is 2.35. The fourth-order valence-electron chi connectivity index (χ4n) is 4.35. The minimum atomic E-state index is -0.452. The summed E-state index contributed by atoms with van der Waals surface area (Å²) in [6, 6.07) is 11.0. The number of carbonyl (C=O) groups excluding carboxylic acids is 3.